The second-order valence-corrected chi connectivity index (χ2v) is 5.43. The van der Waals surface area contributed by atoms with Gasteiger partial charge in [0.15, 0.2) is 0 Å². The number of aliphatic hydroxyl groups excluding tert-OH is 2. The van der Waals surface area contributed by atoms with Crippen molar-refractivity contribution in [3.05, 3.63) is 34.3 Å². The van der Waals surface area contributed by atoms with Crippen molar-refractivity contribution < 1.29 is 10.2 Å². The number of hydrogen-bond donors (Lipinski definition) is 2. The Labute approximate surface area is 110 Å². The molecule has 1 saturated carbocycles. The first-order valence-electron chi connectivity index (χ1n) is 5.99. The van der Waals surface area contributed by atoms with E-state index >= 15 is 0 Å². The van der Waals surface area contributed by atoms with Crippen LogP contribution in [0.5, 0.6) is 0 Å². The van der Waals surface area contributed by atoms with Crippen LogP contribution in [0.25, 0.3) is 0 Å². The minimum Gasteiger partial charge on any atom is -0.395 e. The van der Waals surface area contributed by atoms with Crippen LogP contribution in [0.4, 0.5) is 0 Å². The molecule has 0 aliphatic heterocycles. The van der Waals surface area contributed by atoms with E-state index in [1.54, 1.807) is 0 Å². The zero-order valence-electron chi connectivity index (χ0n) is 9.72. The second kappa shape index (κ2) is 5.96. The van der Waals surface area contributed by atoms with Crippen LogP contribution in [0.15, 0.2) is 28.7 Å². The van der Waals surface area contributed by atoms with Gasteiger partial charge in [-0.2, -0.15) is 0 Å². The molecule has 0 heterocycles. The van der Waals surface area contributed by atoms with Crippen LogP contribution in [-0.4, -0.2) is 40.9 Å². The fourth-order valence-electron chi connectivity index (χ4n) is 2.00. The summed E-state index contributed by atoms with van der Waals surface area (Å²) in [6.45, 7) is 1.41. The van der Waals surface area contributed by atoms with Gasteiger partial charge in [-0.1, -0.05) is 28.1 Å². The Bertz CT molecular complexity index is 351. The largest absolute Gasteiger partial charge is 0.395 e. The summed E-state index contributed by atoms with van der Waals surface area (Å²) < 4.78 is 1.02. The molecule has 4 heteroatoms. The molecule has 1 unspecified atom stereocenters. The van der Waals surface area contributed by atoms with Gasteiger partial charge < -0.3 is 10.2 Å². The summed E-state index contributed by atoms with van der Waals surface area (Å²) in [6.07, 6.45) is 1.90. The highest BCUT2D eigenvalue weighted by Crippen LogP contribution is 2.28. The molecule has 1 aliphatic rings. The van der Waals surface area contributed by atoms with Crippen LogP contribution in [-0.2, 0) is 0 Å². The number of halogens is 1. The summed E-state index contributed by atoms with van der Waals surface area (Å²) in [5.41, 5.74) is 0.928. The summed E-state index contributed by atoms with van der Waals surface area (Å²) in [4.78, 5) is 2.17. The van der Waals surface area contributed by atoms with Gasteiger partial charge in [0.05, 0.1) is 12.7 Å². The van der Waals surface area contributed by atoms with Crippen molar-refractivity contribution >= 4 is 15.9 Å². The zero-order valence-corrected chi connectivity index (χ0v) is 11.3. The summed E-state index contributed by atoms with van der Waals surface area (Å²) in [7, 11) is 0. The van der Waals surface area contributed by atoms with Gasteiger partial charge in [0, 0.05) is 23.6 Å². The minimum absolute atomic E-state index is 0.156. The van der Waals surface area contributed by atoms with Crippen LogP contribution in [0, 0.1) is 0 Å². The van der Waals surface area contributed by atoms with Crippen molar-refractivity contribution in [2.45, 2.75) is 25.0 Å². The van der Waals surface area contributed by atoms with E-state index in [2.05, 4.69) is 20.8 Å². The first kappa shape index (κ1) is 13.0. The Morgan fingerprint density at radius 1 is 1.29 bits per heavy atom. The van der Waals surface area contributed by atoms with Gasteiger partial charge in [0.25, 0.3) is 0 Å². The maximum atomic E-state index is 10.1. The first-order valence-corrected chi connectivity index (χ1v) is 6.78. The van der Waals surface area contributed by atoms with Crippen LogP contribution >= 0.6 is 15.9 Å². The molecule has 1 aromatic rings. The average Bonchev–Trinajstić information content (AvgIpc) is 3.13. The third-order valence-electron chi connectivity index (χ3n) is 3.11. The molecular formula is C13H18BrNO2. The monoisotopic (exact) mass is 299 g/mol. The minimum atomic E-state index is -0.477. The highest BCUT2D eigenvalue weighted by Gasteiger charge is 2.29. The third-order valence-corrected chi connectivity index (χ3v) is 3.64. The SMILES string of the molecule is OCCN(CC(O)c1ccc(Br)cc1)C1CC1. The molecule has 1 aromatic carbocycles. The zero-order chi connectivity index (χ0) is 12.3. The summed E-state index contributed by atoms with van der Waals surface area (Å²) in [6, 6.07) is 8.29. The Morgan fingerprint density at radius 3 is 2.47 bits per heavy atom. The maximum Gasteiger partial charge on any atom is 0.0917 e. The summed E-state index contributed by atoms with van der Waals surface area (Å²) in [5.74, 6) is 0. The molecule has 1 atom stereocenters. The van der Waals surface area contributed by atoms with E-state index in [-0.39, 0.29) is 6.61 Å². The van der Waals surface area contributed by atoms with Crippen LogP contribution < -0.4 is 0 Å². The van der Waals surface area contributed by atoms with E-state index in [0.29, 0.717) is 19.1 Å². The number of aliphatic hydroxyl groups is 2. The molecule has 1 fully saturated rings. The van der Waals surface area contributed by atoms with Crippen LogP contribution in [0.1, 0.15) is 24.5 Å². The van der Waals surface area contributed by atoms with Gasteiger partial charge in [-0.3, -0.25) is 4.90 Å². The highest BCUT2D eigenvalue weighted by molar-refractivity contribution is 9.10. The molecule has 0 bridgehead atoms. The van der Waals surface area contributed by atoms with Crippen molar-refractivity contribution in [1.29, 1.82) is 0 Å². The predicted molar refractivity (Wildman–Crippen MR) is 70.8 cm³/mol. The van der Waals surface area contributed by atoms with Gasteiger partial charge in [0.2, 0.25) is 0 Å². The topological polar surface area (TPSA) is 43.7 Å². The smallest absolute Gasteiger partial charge is 0.0917 e. The van der Waals surface area contributed by atoms with Crippen LogP contribution in [0.3, 0.4) is 0 Å². The lowest BCUT2D eigenvalue weighted by molar-refractivity contribution is 0.0952. The molecule has 0 spiro atoms. The average molecular weight is 300 g/mol. The standard InChI is InChI=1S/C13H18BrNO2/c14-11-3-1-10(2-4-11)13(17)9-15(7-8-16)12-5-6-12/h1-4,12-13,16-17H,5-9H2. The fourth-order valence-corrected chi connectivity index (χ4v) is 2.27. The van der Waals surface area contributed by atoms with Gasteiger partial charge in [-0.25, -0.2) is 0 Å². The van der Waals surface area contributed by atoms with Gasteiger partial charge in [0.1, 0.15) is 0 Å². The van der Waals surface area contributed by atoms with E-state index in [9.17, 15) is 5.11 Å². The van der Waals surface area contributed by atoms with Gasteiger partial charge in [-0.15, -0.1) is 0 Å². The Balaban J connectivity index is 1.94. The molecule has 2 N–H and O–H groups in total. The predicted octanol–water partition coefficient (Wildman–Crippen LogP) is 1.94. The molecule has 17 heavy (non-hydrogen) atoms. The van der Waals surface area contributed by atoms with Crippen molar-refractivity contribution in [1.82, 2.24) is 4.90 Å². The quantitative estimate of drug-likeness (QED) is 0.844. The van der Waals surface area contributed by atoms with Crippen LogP contribution in [0.2, 0.25) is 0 Å². The van der Waals surface area contributed by atoms with Crippen molar-refractivity contribution in [2.75, 3.05) is 19.7 Å². The Hall–Kier alpha value is -0.420. The number of benzene rings is 1. The fraction of sp³-hybridized carbons (Fsp3) is 0.538. The van der Waals surface area contributed by atoms with Crippen molar-refractivity contribution in [3.63, 3.8) is 0 Å². The summed E-state index contributed by atoms with van der Waals surface area (Å²) in [5, 5.41) is 19.2. The van der Waals surface area contributed by atoms with Gasteiger partial charge in [-0.05, 0) is 30.5 Å². The summed E-state index contributed by atoms with van der Waals surface area (Å²) >= 11 is 3.38. The van der Waals surface area contributed by atoms with E-state index in [4.69, 9.17) is 5.11 Å². The number of hydrogen-bond acceptors (Lipinski definition) is 3. The van der Waals surface area contributed by atoms with Crippen molar-refractivity contribution in [3.8, 4) is 0 Å². The molecule has 0 radical (unpaired) electrons. The molecule has 0 aromatic heterocycles. The molecule has 1 aliphatic carbocycles. The maximum absolute atomic E-state index is 10.1. The van der Waals surface area contributed by atoms with E-state index in [0.717, 1.165) is 10.0 Å². The van der Waals surface area contributed by atoms with Crippen molar-refractivity contribution in [2.24, 2.45) is 0 Å². The lowest BCUT2D eigenvalue weighted by Gasteiger charge is -2.24. The number of rotatable bonds is 6. The third kappa shape index (κ3) is 3.78. The van der Waals surface area contributed by atoms with E-state index in [1.807, 2.05) is 24.3 Å². The molecular weight excluding hydrogens is 282 g/mol. The van der Waals surface area contributed by atoms with E-state index in [1.165, 1.54) is 12.8 Å². The van der Waals surface area contributed by atoms with E-state index < -0.39 is 6.10 Å². The lowest BCUT2D eigenvalue weighted by atomic mass is 10.1. The Kier molecular flexibility index (Phi) is 4.56. The first-order chi connectivity index (χ1) is 8.20. The Morgan fingerprint density at radius 2 is 1.94 bits per heavy atom. The normalized spacial score (nSPS) is 17.4. The molecule has 94 valence electrons. The molecule has 0 saturated heterocycles. The molecule has 0 amide bonds. The highest BCUT2D eigenvalue weighted by atomic mass is 79.9. The molecule has 2 rings (SSSR count). The lowest BCUT2D eigenvalue weighted by Crippen LogP contribution is -2.33. The van der Waals surface area contributed by atoms with Gasteiger partial charge >= 0.3 is 0 Å². The number of nitrogens with zero attached hydrogens (tertiary/aromatic N) is 1. The molecule has 3 nitrogen and oxygen atoms in total. The second-order valence-electron chi connectivity index (χ2n) is 4.52.